The van der Waals surface area contributed by atoms with E-state index in [1.165, 1.54) is 16.7 Å². The second-order valence-corrected chi connectivity index (χ2v) is 7.16. The number of carbonyl (C=O) groups is 1. The maximum absolute atomic E-state index is 12.0. The summed E-state index contributed by atoms with van der Waals surface area (Å²) >= 11 is 6.46. The Morgan fingerprint density at radius 1 is 1.12 bits per heavy atom. The maximum atomic E-state index is 12.0. The molecule has 1 heterocycles. The fourth-order valence-corrected chi connectivity index (χ4v) is 3.52. The number of ether oxygens (including phenoxy) is 1. The molecule has 0 bridgehead atoms. The molecule has 1 aliphatic heterocycles. The van der Waals surface area contributed by atoms with Crippen LogP contribution in [0, 0.1) is 0 Å². The Kier molecular flexibility index (Phi) is 5.02. The van der Waals surface area contributed by atoms with Crippen molar-refractivity contribution in [2.75, 3.05) is 7.05 Å². The number of amides is 1. The highest BCUT2D eigenvalue weighted by Gasteiger charge is 2.28. The number of rotatable bonds is 4. The van der Waals surface area contributed by atoms with Crippen LogP contribution in [0.3, 0.4) is 0 Å². The summed E-state index contributed by atoms with van der Waals surface area (Å²) in [4.78, 5) is 14.2. The van der Waals surface area contributed by atoms with Gasteiger partial charge in [-0.05, 0) is 36.3 Å². The predicted octanol–water partition coefficient (Wildman–Crippen LogP) is 4.66. The van der Waals surface area contributed by atoms with Crippen LogP contribution in [0.2, 0.25) is 0 Å². The molecule has 2 aromatic rings. The smallest absolute Gasteiger partial charge is 0.265 e. The highest BCUT2D eigenvalue weighted by molar-refractivity contribution is 8.26. The van der Waals surface area contributed by atoms with Crippen LogP contribution in [0.4, 0.5) is 0 Å². The lowest BCUT2D eigenvalue weighted by atomic mass is 10.1. The first kappa shape index (κ1) is 16.7. The summed E-state index contributed by atoms with van der Waals surface area (Å²) in [6, 6.07) is 17.8. The minimum atomic E-state index is -0.0528. The SMILES string of the molecule is C[C@H](Oc1ccc(/C=C2/SC(=S)N(C)C2=O)cc1)c1ccccc1. The fraction of sp³-hybridized carbons (Fsp3) is 0.158. The first-order valence-electron chi connectivity index (χ1n) is 7.58. The normalized spacial score (nSPS) is 17.4. The Balaban J connectivity index is 1.70. The van der Waals surface area contributed by atoms with E-state index in [1.807, 2.05) is 67.6 Å². The number of hydrogen-bond acceptors (Lipinski definition) is 4. The van der Waals surface area contributed by atoms with Crippen LogP contribution in [0.15, 0.2) is 59.5 Å². The second-order valence-electron chi connectivity index (χ2n) is 5.48. The number of likely N-dealkylation sites (N-methyl/N-ethyl adjacent to an activating group) is 1. The Labute approximate surface area is 151 Å². The number of nitrogens with zero attached hydrogens (tertiary/aromatic N) is 1. The molecule has 1 atom stereocenters. The van der Waals surface area contributed by atoms with Crippen molar-refractivity contribution in [2.24, 2.45) is 0 Å². The largest absolute Gasteiger partial charge is 0.486 e. The fourth-order valence-electron chi connectivity index (χ4n) is 2.34. The van der Waals surface area contributed by atoms with Crippen LogP contribution in [-0.4, -0.2) is 22.2 Å². The third-order valence-corrected chi connectivity index (χ3v) is 5.23. The standard InChI is InChI=1S/C19H17NO2S2/c1-13(15-6-4-3-5-7-15)22-16-10-8-14(9-11-16)12-17-18(21)20(2)19(23)24-17/h3-13H,1-2H3/b17-12+/t13-/m0/s1. The molecule has 3 rings (SSSR count). The Bertz CT molecular complexity index is 785. The van der Waals surface area contributed by atoms with E-state index in [1.54, 1.807) is 7.05 Å². The molecule has 0 aliphatic carbocycles. The van der Waals surface area contributed by atoms with Gasteiger partial charge in [0.05, 0.1) is 4.91 Å². The van der Waals surface area contributed by atoms with Crippen LogP contribution >= 0.6 is 24.0 Å². The highest BCUT2D eigenvalue weighted by Crippen LogP contribution is 2.31. The van der Waals surface area contributed by atoms with Crippen LogP contribution in [0.5, 0.6) is 5.75 Å². The molecule has 1 fully saturated rings. The van der Waals surface area contributed by atoms with Crippen molar-refractivity contribution in [3.63, 3.8) is 0 Å². The highest BCUT2D eigenvalue weighted by atomic mass is 32.2. The molecule has 1 saturated heterocycles. The summed E-state index contributed by atoms with van der Waals surface area (Å²) in [7, 11) is 1.69. The molecule has 0 spiro atoms. The van der Waals surface area contributed by atoms with Gasteiger partial charge in [0.15, 0.2) is 0 Å². The van der Waals surface area contributed by atoms with E-state index < -0.39 is 0 Å². The van der Waals surface area contributed by atoms with Gasteiger partial charge in [-0.25, -0.2) is 0 Å². The van der Waals surface area contributed by atoms with E-state index in [0.29, 0.717) is 9.23 Å². The minimum Gasteiger partial charge on any atom is -0.486 e. The van der Waals surface area contributed by atoms with E-state index in [4.69, 9.17) is 17.0 Å². The molecule has 5 heteroatoms. The van der Waals surface area contributed by atoms with Gasteiger partial charge in [-0.2, -0.15) is 0 Å². The molecular weight excluding hydrogens is 338 g/mol. The van der Waals surface area contributed by atoms with E-state index in [2.05, 4.69) is 0 Å². The molecule has 122 valence electrons. The van der Waals surface area contributed by atoms with Gasteiger partial charge in [0.1, 0.15) is 16.2 Å². The zero-order chi connectivity index (χ0) is 17.1. The monoisotopic (exact) mass is 355 g/mol. The van der Waals surface area contributed by atoms with Gasteiger partial charge in [0.2, 0.25) is 0 Å². The summed E-state index contributed by atoms with van der Waals surface area (Å²) < 4.78 is 6.54. The number of benzene rings is 2. The lowest BCUT2D eigenvalue weighted by Gasteiger charge is -2.15. The Morgan fingerprint density at radius 2 is 1.79 bits per heavy atom. The molecule has 0 aromatic heterocycles. The first-order chi connectivity index (χ1) is 11.5. The summed E-state index contributed by atoms with van der Waals surface area (Å²) in [6.45, 7) is 2.02. The van der Waals surface area contributed by atoms with Crippen molar-refractivity contribution >= 4 is 40.3 Å². The Hall–Kier alpha value is -2.11. The zero-order valence-electron chi connectivity index (χ0n) is 13.4. The number of thioether (sulfide) groups is 1. The number of thiocarbonyl (C=S) groups is 1. The van der Waals surface area contributed by atoms with Crippen molar-refractivity contribution in [1.29, 1.82) is 0 Å². The van der Waals surface area contributed by atoms with E-state index in [9.17, 15) is 4.79 Å². The molecule has 0 radical (unpaired) electrons. The zero-order valence-corrected chi connectivity index (χ0v) is 15.1. The quantitative estimate of drug-likeness (QED) is 0.589. The van der Waals surface area contributed by atoms with Crippen molar-refractivity contribution < 1.29 is 9.53 Å². The van der Waals surface area contributed by atoms with Gasteiger partial charge in [0.25, 0.3) is 5.91 Å². The van der Waals surface area contributed by atoms with Gasteiger partial charge in [-0.1, -0.05) is 66.4 Å². The first-order valence-corrected chi connectivity index (χ1v) is 8.80. The van der Waals surface area contributed by atoms with Crippen LogP contribution < -0.4 is 4.74 Å². The summed E-state index contributed by atoms with van der Waals surface area (Å²) in [5.41, 5.74) is 2.08. The van der Waals surface area contributed by atoms with Gasteiger partial charge in [0, 0.05) is 7.05 Å². The molecule has 0 unspecified atom stereocenters. The molecular formula is C19H17NO2S2. The van der Waals surface area contributed by atoms with Gasteiger partial charge < -0.3 is 4.74 Å². The summed E-state index contributed by atoms with van der Waals surface area (Å²) in [5.74, 6) is 0.745. The number of carbonyl (C=O) groups excluding carboxylic acids is 1. The molecule has 0 saturated carbocycles. The van der Waals surface area contributed by atoms with Gasteiger partial charge in [-0.3, -0.25) is 9.69 Å². The minimum absolute atomic E-state index is 0.0200. The summed E-state index contributed by atoms with van der Waals surface area (Å²) in [6.07, 6.45) is 1.83. The summed E-state index contributed by atoms with van der Waals surface area (Å²) in [5, 5.41) is 0. The van der Waals surface area contributed by atoms with Crippen LogP contribution in [-0.2, 0) is 4.79 Å². The average molecular weight is 355 g/mol. The Morgan fingerprint density at radius 3 is 2.38 bits per heavy atom. The topological polar surface area (TPSA) is 29.5 Å². The number of hydrogen-bond donors (Lipinski definition) is 0. The van der Waals surface area contributed by atoms with Gasteiger partial charge >= 0.3 is 0 Å². The maximum Gasteiger partial charge on any atom is 0.265 e. The lowest BCUT2D eigenvalue weighted by Crippen LogP contribution is -2.22. The lowest BCUT2D eigenvalue weighted by molar-refractivity contribution is -0.121. The predicted molar refractivity (Wildman–Crippen MR) is 103 cm³/mol. The van der Waals surface area contributed by atoms with Crippen molar-refractivity contribution in [3.05, 3.63) is 70.6 Å². The molecule has 2 aromatic carbocycles. The van der Waals surface area contributed by atoms with E-state index >= 15 is 0 Å². The van der Waals surface area contributed by atoms with Crippen molar-refractivity contribution in [1.82, 2.24) is 4.90 Å². The molecule has 3 nitrogen and oxygen atoms in total. The molecule has 24 heavy (non-hydrogen) atoms. The van der Waals surface area contributed by atoms with Crippen LogP contribution in [0.25, 0.3) is 6.08 Å². The second kappa shape index (κ2) is 7.20. The van der Waals surface area contributed by atoms with Crippen LogP contribution in [0.1, 0.15) is 24.2 Å². The van der Waals surface area contributed by atoms with Gasteiger partial charge in [-0.15, -0.1) is 0 Å². The average Bonchev–Trinajstić information content (AvgIpc) is 2.84. The van der Waals surface area contributed by atoms with E-state index in [-0.39, 0.29) is 12.0 Å². The molecule has 1 amide bonds. The third-order valence-electron chi connectivity index (χ3n) is 3.75. The van der Waals surface area contributed by atoms with Crippen molar-refractivity contribution in [2.45, 2.75) is 13.0 Å². The van der Waals surface area contributed by atoms with E-state index in [0.717, 1.165) is 16.9 Å². The third kappa shape index (κ3) is 3.68. The molecule has 1 aliphatic rings. The van der Waals surface area contributed by atoms with Crippen molar-refractivity contribution in [3.8, 4) is 5.75 Å². The molecule has 0 N–H and O–H groups in total.